The Labute approximate surface area is 174 Å². The van der Waals surface area contributed by atoms with E-state index in [2.05, 4.69) is 0 Å². The third kappa shape index (κ3) is 4.38. The van der Waals surface area contributed by atoms with Gasteiger partial charge in [0.05, 0.1) is 18.6 Å². The molecule has 3 nitrogen and oxygen atoms in total. The molecule has 0 aromatic heterocycles. The predicted octanol–water partition coefficient (Wildman–Crippen LogP) is 5.29. The van der Waals surface area contributed by atoms with Crippen LogP contribution in [0.2, 0.25) is 0 Å². The molecule has 0 heterocycles. The monoisotopic (exact) mass is 454 g/mol. The van der Waals surface area contributed by atoms with E-state index in [1.165, 1.54) is 13.8 Å². The zero-order valence-corrected chi connectivity index (χ0v) is 16.9. The summed E-state index contributed by atoms with van der Waals surface area (Å²) in [4.78, 5) is 12.3. The number of benzene rings is 1. The van der Waals surface area contributed by atoms with Gasteiger partial charge in [-0.1, -0.05) is 31.5 Å². The minimum Gasteiger partial charge on any atom is -0.493 e. The second kappa shape index (κ2) is 8.42. The second-order valence-electron chi connectivity index (χ2n) is 7.26. The van der Waals surface area contributed by atoms with Crippen LogP contribution in [0.1, 0.15) is 25.0 Å². The summed E-state index contributed by atoms with van der Waals surface area (Å²) in [5, 5.41) is -1.38. The zero-order chi connectivity index (χ0) is 23.0. The van der Waals surface area contributed by atoms with Crippen molar-refractivity contribution < 1.29 is 40.6 Å². The number of terminal acetylenes is 1. The van der Waals surface area contributed by atoms with Crippen LogP contribution in [0, 0.1) is 47.0 Å². The highest BCUT2D eigenvalue weighted by Crippen LogP contribution is 2.60. The van der Waals surface area contributed by atoms with Crippen LogP contribution in [-0.2, 0) is 22.6 Å². The topological polar surface area (TPSA) is 35.5 Å². The molecule has 2 atom stereocenters. The van der Waals surface area contributed by atoms with Crippen molar-refractivity contribution in [2.24, 2.45) is 17.3 Å². The zero-order valence-electron chi connectivity index (χ0n) is 16.1. The third-order valence-electron chi connectivity index (χ3n) is 5.06. The summed E-state index contributed by atoms with van der Waals surface area (Å²) in [6.07, 6.45) is 0.431. The minimum absolute atomic E-state index is 0.532. The number of esters is 1. The van der Waals surface area contributed by atoms with Gasteiger partial charge in [-0.15, -0.1) is 12.3 Å². The number of ether oxygens (including phenoxy) is 2. The Morgan fingerprint density at radius 3 is 2.27 bits per heavy atom. The van der Waals surface area contributed by atoms with Gasteiger partial charge in [0.2, 0.25) is 0 Å². The molecule has 10 heteroatoms. The molecule has 0 saturated heterocycles. The molecular formula is C20H17ClF6O3. The maximum Gasteiger partial charge on any atom is 0.426 e. The fourth-order valence-corrected chi connectivity index (χ4v) is 3.39. The van der Waals surface area contributed by atoms with Gasteiger partial charge in [-0.05, 0) is 11.3 Å². The van der Waals surface area contributed by atoms with Crippen molar-refractivity contribution in [3.05, 3.63) is 39.7 Å². The fraction of sp³-hybridized carbons (Fsp3) is 0.450. The number of carbonyl (C=O) groups is 1. The van der Waals surface area contributed by atoms with Crippen molar-refractivity contribution in [1.29, 1.82) is 0 Å². The van der Waals surface area contributed by atoms with E-state index < -0.39 is 81.8 Å². The highest BCUT2D eigenvalue weighted by Gasteiger charge is 2.62. The summed E-state index contributed by atoms with van der Waals surface area (Å²) < 4.78 is 90.5. The van der Waals surface area contributed by atoms with E-state index in [0.717, 1.165) is 7.11 Å². The van der Waals surface area contributed by atoms with Crippen molar-refractivity contribution in [1.82, 2.24) is 0 Å². The van der Waals surface area contributed by atoms with Crippen molar-refractivity contribution in [2.45, 2.75) is 33.1 Å². The number of rotatable bonds is 6. The standard InChI is InChI=1S/C20H17ClF6O3/c1-5-6-9-14(22)15(23)10(17(29-4)16(9)24)8-30-18(28)13-11(19(13,2)3)7-12(21)20(25,26)27/h1,7,11,13H,6,8H2,2-4H3/b12-7-/t11-,13+/m0/s1. The Morgan fingerprint density at radius 1 is 1.20 bits per heavy atom. The normalized spacial score (nSPS) is 20.5. The van der Waals surface area contributed by atoms with Gasteiger partial charge in [-0.3, -0.25) is 4.79 Å². The van der Waals surface area contributed by atoms with E-state index in [9.17, 15) is 31.1 Å². The van der Waals surface area contributed by atoms with E-state index in [1.54, 1.807) is 0 Å². The van der Waals surface area contributed by atoms with Gasteiger partial charge >= 0.3 is 12.1 Å². The van der Waals surface area contributed by atoms with Gasteiger partial charge in [-0.25, -0.2) is 13.2 Å². The first-order chi connectivity index (χ1) is 13.8. The van der Waals surface area contributed by atoms with Crippen molar-refractivity contribution in [2.75, 3.05) is 7.11 Å². The Morgan fingerprint density at radius 2 is 1.77 bits per heavy atom. The number of halogens is 7. The maximum atomic E-state index is 14.4. The highest BCUT2D eigenvalue weighted by molar-refractivity contribution is 6.30. The molecule has 164 valence electrons. The van der Waals surface area contributed by atoms with Crippen LogP contribution < -0.4 is 4.74 Å². The molecular weight excluding hydrogens is 438 g/mol. The summed E-state index contributed by atoms with van der Waals surface area (Å²) in [7, 11) is 1.00. The highest BCUT2D eigenvalue weighted by atomic mass is 35.5. The molecule has 1 aliphatic rings. The molecule has 1 saturated carbocycles. The molecule has 0 radical (unpaired) electrons. The lowest BCUT2D eigenvalue weighted by atomic mass is 10.1. The van der Waals surface area contributed by atoms with Crippen LogP contribution >= 0.6 is 11.6 Å². The summed E-state index contributed by atoms with van der Waals surface area (Å²) in [5.74, 6) is -5.81. The summed E-state index contributed by atoms with van der Waals surface area (Å²) in [6.45, 7) is 2.15. The molecule has 0 aliphatic heterocycles. The van der Waals surface area contributed by atoms with Gasteiger partial charge in [0.1, 0.15) is 11.6 Å². The molecule has 1 aromatic carbocycles. The van der Waals surface area contributed by atoms with Gasteiger partial charge in [0, 0.05) is 12.0 Å². The first kappa shape index (κ1) is 23.9. The van der Waals surface area contributed by atoms with Gasteiger partial charge in [0.15, 0.2) is 23.2 Å². The largest absolute Gasteiger partial charge is 0.493 e. The van der Waals surface area contributed by atoms with Crippen LogP contribution in [-0.4, -0.2) is 19.3 Å². The average Bonchev–Trinajstić information content (AvgIpc) is 3.19. The van der Waals surface area contributed by atoms with Crippen LogP contribution in [0.4, 0.5) is 26.3 Å². The maximum absolute atomic E-state index is 14.4. The number of hydrogen-bond donors (Lipinski definition) is 0. The van der Waals surface area contributed by atoms with Crippen LogP contribution in [0.3, 0.4) is 0 Å². The van der Waals surface area contributed by atoms with Crippen molar-refractivity contribution in [3.8, 4) is 18.1 Å². The van der Waals surface area contributed by atoms with E-state index in [0.29, 0.717) is 6.08 Å². The number of alkyl halides is 3. The van der Waals surface area contributed by atoms with E-state index in [1.807, 2.05) is 5.92 Å². The smallest absolute Gasteiger partial charge is 0.426 e. The molecule has 0 unspecified atom stereocenters. The lowest BCUT2D eigenvalue weighted by molar-refractivity contribution is -0.147. The second-order valence-corrected chi connectivity index (χ2v) is 7.67. The average molecular weight is 455 g/mol. The number of hydrogen-bond acceptors (Lipinski definition) is 3. The quantitative estimate of drug-likeness (QED) is 0.254. The number of methoxy groups -OCH3 is 1. The first-order valence-electron chi connectivity index (χ1n) is 8.55. The Kier molecular flexibility index (Phi) is 6.72. The molecule has 30 heavy (non-hydrogen) atoms. The first-order valence-corrected chi connectivity index (χ1v) is 8.93. The molecule has 2 rings (SSSR count). The predicted molar refractivity (Wildman–Crippen MR) is 96.0 cm³/mol. The number of carbonyl (C=O) groups excluding carboxylic acids is 1. The molecule has 0 bridgehead atoms. The Balaban J connectivity index is 2.24. The summed E-state index contributed by atoms with van der Waals surface area (Å²) in [5.41, 5.74) is -2.31. The van der Waals surface area contributed by atoms with Gasteiger partial charge in [0.25, 0.3) is 0 Å². The Bertz CT molecular complexity index is 930. The van der Waals surface area contributed by atoms with Crippen LogP contribution in [0.15, 0.2) is 11.1 Å². The summed E-state index contributed by atoms with van der Waals surface area (Å²) in [6, 6.07) is 0. The lowest BCUT2D eigenvalue weighted by Crippen LogP contribution is -2.14. The van der Waals surface area contributed by atoms with Crippen LogP contribution in [0.5, 0.6) is 5.75 Å². The van der Waals surface area contributed by atoms with Gasteiger partial charge in [-0.2, -0.15) is 13.2 Å². The lowest BCUT2D eigenvalue weighted by Gasteiger charge is -2.15. The molecule has 0 N–H and O–H groups in total. The SMILES string of the molecule is C#CCc1c(F)c(F)c(COC(=O)[C@H]2[C@H](/C=C(\Cl)C(F)(F)F)C2(C)C)c(OC)c1F. The number of allylic oxidation sites excluding steroid dienone is 2. The molecule has 0 spiro atoms. The summed E-state index contributed by atoms with van der Waals surface area (Å²) >= 11 is 5.22. The molecule has 1 aromatic rings. The molecule has 1 aliphatic carbocycles. The van der Waals surface area contributed by atoms with Crippen LogP contribution in [0.25, 0.3) is 0 Å². The van der Waals surface area contributed by atoms with Crippen molar-refractivity contribution in [3.63, 3.8) is 0 Å². The third-order valence-corrected chi connectivity index (χ3v) is 5.40. The molecule has 0 amide bonds. The minimum atomic E-state index is -4.76. The van der Waals surface area contributed by atoms with Crippen molar-refractivity contribution >= 4 is 17.6 Å². The van der Waals surface area contributed by atoms with E-state index in [4.69, 9.17) is 27.5 Å². The van der Waals surface area contributed by atoms with Gasteiger partial charge < -0.3 is 9.47 Å². The molecule has 1 fully saturated rings. The Hall–Kier alpha value is -2.34. The van der Waals surface area contributed by atoms with E-state index in [-0.39, 0.29) is 0 Å². The van der Waals surface area contributed by atoms with E-state index >= 15 is 0 Å². The fourth-order valence-electron chi connectivity index (χ4n) is 3.25.